The summed E-state index contributed by atoms with van der Waals surface area (Å²) >= 11 is 1.28. The van der Waals surface area contributed by atoms with Gasteiger partial charge in [0, 0.05) is 24.0 Å². The molecule has 0 spiro atoms. The van der Waals surface area contributed by atoms with Gasteiger partial charge in [-0.2, -0.15) is 0 Å². The van der Waals surface area contributed by atoms with Gasteiger partial charge in [-0.15, -0.1) is 10.2 Å². The zero-order chi connectivity index (χ0) is 24.6. The topological polar surface area (TPSA) is 98.1 Å². The van der Waals surface area contributed by atoms with Crippen LogP contribution in [-0.4, -0.2) is 32.3 Å². The third-order valence-corrected chi connectivity index (χ3v) is 5.89. The maximum absolute atomic E-state index is 12.6. The van der Waals surface area contributed by atoms with Gasteiger partial charge in [0.05, 0.1) is 5.75 Å². The minimum Gasteiger partial charge on any atom is -0.485 e. The molecule has 3 aromatic carbocycles. The van der Waals surface area contributed by atoms with E-state index in [4.69, 9.17) is 4.74 Å². The molecule has 4 rings (SSSR count). The van der Waals surface area contributed by atoms with E-state index in [2.05, 4.69) is 20.8 Å². The average Bonchev–Trinajstić information content (AvgIpc) is 3.25. The largest absolute Gasteiger partial charge is 0.485 e. The molecule has 8 nitrogen and oxygen atoms in total. The molecule has 0 aliphatic heterocycles. The van der Waals surface area contributed by atoms with Crippen LogP contribution in [0.3, 0.4) is 0 Å². The van der Waals surface area contributed by atoms with Crippen LogP contribution in [0.1, 0.15) is 18.3 Å². The first-order valence-corrected chi connectivity index (χ1v) is 12.0. The zero-order valence-corrected chi connectivity index (χ0v) is 20.2. The lowest BCUT2D eigenvalue weighted by atomic mass is 10.2. The van der Waals surface area contributed by atoms with Crippen LogP contribution in [-0.2, 0) is 16.2 Å². The molecule has 1 heterocycles. The van der Waals surface area contributed by atoms with Crippen molar-refractivity contribution in [1.82, 2.24) is 14.8 Å². The average molecular weight is 488 g/mol. The van der Waals surface area contributed by atoms with Crippen molar-refractivity contribution in [3.63, 3.8) is 0 Å². The lowest BCUT2D eigenvalue weighted by Gasteiger charge is -2.12. The van der Waals surface area contributed by atoms with Crippen molar-refractivity contribution < 1.29 is 14.3 Å². The van der Waals surface area contributed by atoms with Crippen LogP contribution in [0, 0.1) is 6.92 Å². The van der Waals surface area contributed by atoms with Crippen LogP contribution in [0.15, 0.2) is 84.0 Å². The van der Waals surface area contributed by atoms with E-state index in [0.717, 1.165) is 17.0 Å². The molecule has 35 heavy (non-hydrogen) atoms. The molecule has 0 aliphatic rings. The van der Waals surface area contributed by atoms with Crippen molar-refractivity contribution in [2.75, 3.05) is 16.4 Å². The first-order chi connectivity index (χ1) is 17.0. The predicted molar refractivity (Wildman–Crippen MR) is 137 cm³/mol. The summed E-state index contributed by atoms with van der Waals surface area (Å²) in [6, 6.07) is 24.5. The Kier molecular flexibility index (Phi) is 7.79. The molecular formula is C26H25N5O3S. The van der Waals surface area contributed by atoms with E-state index in [1.165, 1.54) is 18.7 Å². The molecule has 9 heteroatoms. The summed E-state index contributed by atoms with van der Waals surface area (Å²) < 4.78 is 7.90. The van der Waals surface area contributed by atoms with Gasteiger partial charge < -0.3 is 15.4 Å². The molecule has 0 fully saturated rings. The molecule has 2 N–H and O–H groups in total. The third-order valence-electron chi connectivity index (χ3n) is 4.96. The van der Waals surface area contributed by atoms with Crippen molar-refractivity contribution in [1.29, 1.82) is 0 Å². The van der Waals surface area contributed by atoms with Gasteiger partial charge in [-0.05, 0) is 48.9 Å². The number of hydrogen-bond donors (Lipinski definition) is 2. The summed E-state index contributed by atoms with van der Waals surface area (Å²) in [6.45, 7) is 3.66. The van der Waals surface area contributed by atoms with E-state index >= 15 is 0 Å². The van der Waals surface area contributed by atoms with E-state index in [1.807, 2.05) is 66.1 Å². The summed E-state index contributed by atoms with van der Waals surface area (Å²) in [5.41, 5.74) is 3.13. The van der Waals surface area contributed by atoms with Gasteiger partial charge in [-0.3, -0.25) is 14.2 Å². The quantitative estimate of drug-likeness (QED) is 0.328. The lowest BCUT2D eigenvalue weighted by Crippen LogP contribution is -2.15. The highest BCUT2D eigenvalue weighted by atomic mass is 32.2. The predicted octanol–water partition coefficient (Wildman–Crippen LogP) is 4.84. The number of nitrogens with one attached hydrogen (secondary N) is 2. The first-order valence-electron chi connectivity index (χ1n) is 11.0. The number of benzene rings is 3. The molecule has 0 aliphatic carbocycles. The number of anilines is 2. The molecule has 2 amide bonds. The fourth-order valence-electron chi connectivity index (χ4n) is 3.39. The van der Waals surface area contributed by atoms with Crippen LogP contribution >= 0.6 is 11.8 Å². The Balaban J connectivity index is 1.47. The van der Waals surface area contributed by atoms with Gasteiger partial charge in [0.2, 0.25) is 11.8 Å². The fourth-order valence-corrected chi connectivity index (χ4v) is 4.16. The van der Waals surface area contributed by atoms with Gasteiger partial charge in [-0.25, -0.2) is 0 Å². The summed E-state index contributed by atoms with van der Waals surface area (Å²) in [7, 11) is 0. The van der Waals surface area contributed by atoms with E-state index in [-0.39, 0.29) is 24.2 Å². The van der Waals surface area contributed by atoms with Gasteiger partial charge in [0.25, 0.3) is 0 Å². The Bertz CT molecular complexity index is 1320. The number of thioether (sulfide) groups is 1. The van der Waals surface area contributed by atoms with Crippen molar-refractivity contribution >= 4 is 35.0 Å². The Hall–Kier alpha value is -4.11. The number of carbonyl (C=O) groups excluding carboxylic acids is 2. The minimum atomic E-state index is -0.199. The third kappa shape index (κ3) is 6.48. The second kappa shape index (κ2) is 11.3. The molecule has 0 saturated heterocycles. The Labute approximate surface area is 207 Å². The van der Waals surface area contributed by atoms with Crippen molar-refractivity contribution in [3.8, 4) is 11.4 Å². The SMILES string of the molecule is CC(=O)Nc1cccc(NC(=O)CSc2nnc(COc3ccccc3C)n2-c2ccccc2)c1. The number of rotatable bonds is 9. The smallest absolute Gasteiger partial charge is 0.234 e. The van der Waals surface area contributed by atoms with Crippen LogP contribution in [0.2, 0.25) is 0 Å². The number of aromatic nitrogens is 3. The number of carbonyl (C=O) groups is 2. The van der Waals surface area contributed by atoms with Crippen LogP contribution in [0.4, 0.5) is 11.4 Å². The van der Waals surface area contributed by atoms with Crippen molar-refractivity contribution in [2.24, 2.45) is 0 Å². The van der Waals surface area contributed by atoms with E-state index in [0.29, 0.717) is 22.4 Å². The molecule has 4 aromatic rings. The van der Waals surface area contributed by atoms with Crippen molar-refractivity contribution in [3.05, 3.63) is 90.3 Å². The number of aryl methyl sites for hydroxylation is 1. The molecule has 0 atom stereocenters. The van der Waals surface area contributed by atoms with Gasteiger partial charge in [0.15, 0.2) is 11.0 Å². The molecule has 178 valence electrons. The summed E-state index contributed by atoms with van der Waals surface area (Å²) in [5.74, 6) is 1.17. The molecule has 0 radical (unpaired) electrons. The van der Waals surface area contributed by atoms with Crippen LogP contribution in [0.5, 0.6) is 5.75 Å². The number of ether oxygens (including phenoxy) is 1. The normalized spacial score (nSPS) is 10.6. The highest BCUT2D eigenvalue weighted by molar-refractivity contribution is 7.99. The van der Waals surface area contributed by atoms with Gasteiger partial charge in [0.1, 0.15) is 12.4 Å². The number of hydrogen-bond acceptors (Lipinski definition) is 6. The molecule has 1 aromatic heterocycles. The summed E-state index contributed by atoms with van der Waals surface area (Å²) in [4.78, 5) is 23.9. The summed E-state index contributed by atoms with van der Waals surface area (Å²) in [6.07, 6.45) is 0. The molecule has 0 bridgehead atoms. The highest BCUT2D eigenvalue weighted by Crippen LogP contribution is 2.24. The Morgan fingerprint density at radius 1 is 0.914 bits per heavy atom. The lowest BCUT2D eigenvalue weighted by molar-refractivity contribution is -0.114. The first kappa shape index (κ1) is 24.0. The minimum absolute atomic E-state index is 0.133. The fraction of sp³-hybridized carbons (Fsp3) is 0.154. The standard InChI is InChI=1S/C26H25N5O3S/c1-18-9-6-7-14-23(18)34-16-24-29-30-26(31(24)22-12-4-3-5-13-22)35-17-25(33)28-21-11-8-10-20(15-21)27-19(2)32/h3-15H,16-17H2,1-2H3,(H,27,32)(H,28,33). The Morgan fingerprint density at radius 2 is 1.63 bits per heavy atom. The Morgan fingerprint density at radius 3 is 2.37 bits per heavy atom. The van der Waals surface area contributed by atoms with Crippen LogP contribution < -0.4 is 15.4 Å². The zero-order valence-electron chi connectivity index (χ0n) is 19.4. The highest BCUT2D eigenvalue weighted by Gasteiger charge is 2.17. The monoisotopic (exact) mass is 487 g/mol. The second-order valence-electron chi connectivity index (χ2n) is 7.72. The summed E-state index contributed by atoms with van der Waals surface area (Å²) in [5, 5.41) is 14.8. The molecular weight excluding hydrogens is 462 g/mol. The number of nitrogens with zero attached hydrogens (tertiary/aromatic N) is 3. The van der Waals surface area contributed by atoms with Gasteiger partial charge in [-0.1, -0.05) is 54.2 Å². The maximum atomic E-state index is 12.6. The van der Waals surface area contributed by atoms with E-state index < -0.39 is 0 Å². The number of para-hydroxylation sites is 2. The molecule has 0 saturated carbocycles. The van der Waals surface area contributed by atoms with E-state index in [1.54, 1.807) is 24.3 Å². The maximum Gasteiger partial charge on any atom is 0.234 e. The second-order valence-corrected chi connectivity index (χ2v) is 8.67. The molecule has 0 unspecified atom stereocenters. The van der Waals surface area contributed by atoms with Crippen molar-refractivity contribution in [2.45, 2.75) is 25.6 Å². The van der Waals surface area contributed by atoms with E-state index in [9.17, 15) is 9.59 Å². The number of amides is 2. The van der Waals surface area contributed by atoms with Gasteiger partial charge >= 0.3 is 0 Å². The van der Waals surface area contributed by atoms with Crippen LogP contribution in [0.25, 0.3) is 5.69 Å².